The van der Waals surface area contributed by atoms with Crippen LogP contribution in [-0.4, -0.2) is 22.2 Å². The number of hydrogen-bond acceptors (Lipinski definition) is 2. The Balaban J connectivity index is 2.56. The normalized spacial score (nSPS) is 15.9. The molecule has 58 valence electrons. The molecule has 1 aliphatic rings. The second-order valence-corrected chi connectivity index (χ2v) is 3.48. The lowest BCUT2D eigenvalue weighted by atomic mass is 10.3. The van der Waals surface area contributed by atoms with Gasteiger partial charge in [-0.1, -0.05) is 0 Å². The second-order valence-electron chi connectivity index (χ2n) is 2.32. The van der Waals surface area contributed by atoms with Crippen molar-refractivity contribution in [3.05, 3.63) is 15.5 Å². The first-order valence-electron chi connectivity index (χ1n) is 3.28. The fourth-order valence-electron chi connectivity index (χ4n) is 1.12. The first kappa shape index (κ1) is 7.08. The van der Waals surface area contributed by atoms with Gasteiger partial charge in [0.1, 0.15) is 5.69 Å². The first-order valence-corrected chi connectivity index (χ1v) is 4.36. The Morgan fingerprint density at radius 3 is 3.27 bits per heavy atom. The number of nitrogens with zero attached hydrogens (tertiary/aromatic N) is 2. The van der Waals surface area contributed by atoms with E-state index in [0.717, 1.165) is 10.1 Å². The maximum Gasteiger partial charge on any atom is 0.270 e. The molecule has 0 saturated carbocycles. The predicted molar refractivity (Wildman–Crippen MR) is 47.3 cm³/mol. The molecule has 1 aromatic rings. The van der Waals surface area contributed by atoms with E-state index in [4.69, 9.17) is 0 Å². The smallest absolute Gasteiger partial charge is 0.270 e. The lowest BCUT2D eigenvalue weighted by molar-refractivity contribution is 0.0923. The quantitative estimate of drug-likeness (QED) is 0.681. The SMILES string of the molecule is O=C1NCCn2ncc(I)c21. The Labute approximate surface area is 77.1 Å². The zero-order valence-corrected chi connectivity index (χ0v) is 7.83. The van der Waals surface area contributed by atoms with E-state index >= 15 is 0 Å². The Morgan fingerprint density at radius 2 is 2.55 bits per heavy atom. The fourth-order valence-corrected chi connectivity index (χ4v) is 1.76. The molecular formula is C6H6IN3O. The van der Waals surface area contributed by atoms with Gasteiger partial charge in [-0.3, -0.25) is 9.48 Å². The zero-order valence-electron chi connectivity index (χ0n) is 5.67. The van der Waals surface area contributed by atoms with Gasteiger partial charge in [0.2, 0.25) is 0 Å². The van der Waals surface area contributed by atoms with Crippen LogP contribution in [0.15, 0.2) is 6.20 Å². The molecule has 1 aliphatic heterocycles. The molecule has 0 bridgehead atoms. The third-order valence-electron chi connectivity index (χ3n) is 1.62. The number of carbonyl (C=O) groups is 1. The number of nitrogens with one attached hydrogen (secondary N) is 1. The average molecular weight is 263 g/mol. The fraction of sp³-hybridized carbons (Fsp3) is 0.333. The second kappa shape index (κ2) is 2.47. The van der Waals surface area contributed by atoms with Crippen LogP contribution >= 0.6 is 22.6 Å². The van der Waals surface area contributed by atoms with E-state index in [9.17, 15) is 4.79 Å². The molecule has 0 spiro atoms. The highest BCUT2D eigenvalue weighted by atomic mass is 127. The van der Waals surface area contributed by atoms with Gasteiger partial charge in [-0.2, -0.15) is 5.10 Å². The summed E-state index contributed by atoms with van der Waals surface area (Å²) in [6.45, 7) is 1.47. The third-order valence-corrected chi connectivity index (χ3v) is 2.41. The Hall–Kier alpha value is -0.590. The van der Waals surface area contributed by atoms with Crippen LogP contribution < -0.4 is 5.32 Å². The first-order chi connectivity index (χ1) is 5.29. The third kappa shape index (κ3) is 1.03. The van der Waals surface area contributed by atoms with Gasteiger partial charge in [0.15, 0.2) is 0 Å². The summed E-state index contributed by atoms with van der Waals surface area (Å²) < 4.78 is 2.65. The van der Waals surface area contributed by atoms with Crippen LogP contribution in [0, 0.1) is 3.57 Å². The van der Waals surface area contributed by atoms with Gasteiger partial charge >= 0.3 is 0 Å². The average Bonchev–Trinajstić information content (AvgIpc) is 2.34. The van der Waals surface area contributed by atoms with Gasteiger partial charge in [0, 0.05) is 6.54 Å². The summed E-state index contributed by atoms with van der Waals surface area (Å²) in [5.74, 6) is -0.0156. The lowest BCUT2D eigenvalue weighted by Gasteiger charge is -2.13. The molecule has 0 unspecified atom stereocenters. The number of carbonyl (C=O) groups excluding carboxylic acids is 1. The van der Waals surface area contributed by atoms with Crippen LogP contribution in [0.5, 0.6) is 0 Å². The van der Waals surface area contributed by atoms with Crippen molar-refractivity contribution in [1.82, 2.24) is 15.1 Å². The van der Waals surface area contributed by atoms with Crippen molar-refractivity contribution in [3.63, 3.8) is 0 Å². The molecule has 0 saturated heterocycles. The molecule has 0 radical (unpaired) electrons. The van der Waals surface area contributed by atoms with Crippen molar-refractivity contribution in [3.8, 4) is 0 Å². The van der Waals surface area contributed by atoms with Gasteiger partial charge in [-0.25, -0.2) is 0 Å². The molecule has 0 aromatic carbocycles. The Morgan fingerprint density at radius 1 is 1.73 bits per heavy atom. The number of amides is 1. The van der Waals surface area contributed by atoms with Crippen LogP contribution in [0.2, 0.25) is 0 Å². The summed E-state index contributed by atoms with van der Waals surface area (Å²) in [4.78, 5) is 11.2. The van der Waals surface area contributed by atoms with E-state index in [1.165, 1.54) is 0 Å². The van der Waals surface area contributed by atoms with E-state index < -0.39 is 0 Å². The summed E-state index contributed by atoms with van der Waals surface area (Å²) in [7, 11) is 0. The summed E-state index contributed by atoms with van der Waals surface area (Å²) in [6, 6.07) is 0. The van der Waals surface area contributed by atoms with Crippen molar-refractivity contribution in [2.75, 3.05) is 6.54 Å². The maximum absolute atomic E-state index is 11.2. The Kier molecular flexibility index (Phi) is 1.59. The van der Waals surface area contributed by atoms with E-state index in [1.54, 1.807) is 10.9 Å². The minimum Gasteiger partial charge on any atom is -0.349 e. The van der Waals surface area contributed by atoms with Gasteiger partial charge < -0.3 is 5.32 Å². The van der Waals surface area contributed by atoms with Gasteiger partial charge in [0.25, 0.3) is 5.91 Å². The monoisotopic (exact) mass is 263 g/mol. The topological polar surface area (TPSA) is 46.9 Å². The highest BCUT2D eigenvalue weighted by Gasteiger charge is 2.19. The molecule has 4 nitrogen and oxygen atoms in total. The van der Waals surface area contributed by atoms with E-state index in [1.807, 2.05) is 0 Å². The summed E-state index contributed by atoms with van der Waals surface area (Å²) >= 11 is 2.11. The number of fused-ring (bicyclic) bond motifs is 1. The maximum atomic E-state index is 11.2. The standard InChI is InChI=1S/C6H6IN3O/c7-4-3-9-10-2-1-8-6(11)5(4)10/h3H,1-2H2,(H,8,11). The minimum atomic E-state index is -0.0156. The molecule has 2 heterocycles. The van der Waals surface area contributed by atoms with Crippen LogP contribution in [0.25, 0.3) is 0 Å². The van der Waals surface area contributed by atoms with Crippen LogP contribution in [0.3, 0.4) is 0 Å². The summed E-state index contributed by atoms with van der Waals surface area (Å²) in [6.07, 6.45) is 1.71. The summed E-state index contributed by atoms with van der Waals surface area (Å²) in [5, 5.41) is 6.82. The molecule has 0 aliphatic carbocycles. The number of aromatic nitrogens is 2. The molecule has 2 rings (SSSR count). The van der Waals surface area contributed by atoms with Gasteiger partial charge in [-0.05, 0) is 22.6 Å². The molecular weight excluding hydrogens is 257 g/mol. The van der Waals surface area contributed by atoms with E-state index in [-0.39, 0.29) is 5.91 Å². The van der Waals surface area contributed by atoms with Crippen molar-refractivity contribution in [2.24, 2.45) is 0 Å². The highest BCUT2D eigenvalue weighted by molar-refractivity contribution is 14.1. The molecule has 11 heavy (non-hydrogen) atoms. The molecule has 0 atom stereocenters. The highest BCUT2D eigenvalue weighted by Crippen LogP contribution is 2.12. The van der Waals surface area contributed by atoms with Crippen LogP contribution in [-0.2, 0) is 6.54 Å². The van der Waals surface area contributed by atoms with Gasteiger partial charge in [-0.15, -0.1) is 0 Å². The number of rotatable bonds is 0. The van der Waals surface area contributed by atoms with Crippen molar-refractivity contribution in [2.45, 2.75) is 6.54 Å². The summed E-state index contributed by atoms with van der Waals surface area (Å²) in [5.41, 5.74) is 0.692. The largest absolute Gasteiger partial charge is 0.349 e. The van der Waals surface area contributed by atoms with Crippen molar-refractivity contribution >= 4 is 28.5 Å². The van der Waals surface area contributed by atoms with E-state index in [0.29, 0.717) is 12.2 Å². The lowest BCUT2D eigenvalue weighted by Crippen LogP contribution is -2.36. The van der Waals surface area contributed by atoms with Crippen molar-refractivity contribution in [1.29, 1.82) is 0 Å². The predicted octanol–water partition coefficient (Wildman–Crippen LogP) is 0.231. The number of hydrogen-bond donors (Lipinski definition) is 1. The van der Waals surface area contributed by atoms with E-state index in [2.05, 4.69) is 33.0 Å². The van der Waals surface area contributed by atoms with Crippen LogP contribution in [0.1, 0.15) is 10.5 Å². The van der Waals surface area contributed by atoms with Crippen molar-refractivity contribution < 1.29 is 4.79 Å². The molecule has 5 heteroatoms. The van der Waals surface area contributed by atoms with Gasteiger partial charge in [0.05, 0.1) is 16.3 Å². The number of halogens is 1. The zero-order chi connectivity index (χ0) is 7.84. The molecule has 1 aromatic heterocycles. The molecule has 1 N–H and O–H groups in total. The Bertz CT molecular complexity index is 307. The minimum absolute atomic E-state index is 0.0156. The molecule has 1 amide bonds. The molecule has 0 fully saturated rings. The van der Waals surface area contributed by atoms with Crippen LogP contribution in [0.4, 0.5) is 0 Å².